The molecule has 0 aliphatic carbocycles. The Bertz CT molecular complexity index is 1300. The monoisotopic (exact) mass is 469 g/mol. The molecule has 5 heterocycles. The molecule has 1 saturated heterocycles. The molecule has 176 valence electrons. The first kappa shape index (κ1) is 21.9. The molecule has 0 saturated carbocycles. The molecule has 1 aliphatic heterocycles. The summed E-state index contributed by atoms with van der Waals surface area (Å²) >= 11 is 0. The van der Waals surface area contributed by atoms with Gasteiger partial charge in [0.05, 0.1) is 17.6 Å². The average molecular weight is 469 g/mol. The molecular weight excluding hydrogens is 447 g/mol. The highest BCUT2D eigenvalue weighted by Crippen LogP contribution is 2.32. The number of hydrogen-bond donors (Lipinski definition) is 4. The van der Waals surface area contributed by atoms with Gasteiger partial charge in [-0.3, -0.25) is 0 Å². The third kappa shape index (κ3) is 4.44. The Balaban J connectivity index is 1.37. The summed E-state index contributed by atoms with van der Waals surface area (Å²) in [5.41, 5.74) is 8.91. The van der Waals surface area contributed by atoms with Crippen LogP contribution in [0.3, 0.4) is 0 Å². The van der Waals surface area contributed by atoms with Gasteiger partial charge in [0.2, 0.25) is 0 Å². The number of aromatic amines is 1. The third-order valence-corrected chi connectivity index (χ3v) is 5.69. The van der Waals surface area contributed by atoms with Gasteiger partial charge in [-0.05, 0) is 29.8 Å². The molecule has 5 rings (SSSR count). The number of piperazine rings is 1. The van der Waals surface area contributed by atoms with Crippen LogP contribution >= 0.6 is 0 Å². The minimum Gasteiger partial charge on any atom is -0.384 e. The second-order valence-corrected chi connectivity index (χ2v) is 7.95. The molecule has 5 N–H and O–H groups in total. The van der Waals surface area contributed by atoms with Crippen molar-refractivity contribution in [2.45, 2.75) is 18.8 Å². The highest BCUT2D eigenvalue weighted by Gasteiger charge is 2.42. The van der Waals surface area contributed by atoms with Crippen LogP contribution in [0.25, 0.3) is 22.2 Å². The number of nitrogens with one attached hydrogen (secondary N) is 3. The number of rotatable bonds is 5. The number of nitrogen functional groups attached to an aromatic ring is 1. The summed E-state index contributed by atoms with van der Waals surface area (Å²) in [7, 11) is 0. The summed E-state index contributed by atoms with van der Waals surface area (Å²) in [5, 5.41) is 6.60. The maximum absolute atomic E-state index is 13.2. The smallest absolute Gasteiger partial charge is 0.384 e. The summed E-state index contributed by atoms with van der Waals surface area (Å²) < 4.78 is 39.5. The van der Waals surface area contributed by atoms with E-state index >= 15 is 0 Å². The number of H-pyrrole nitrogens is 1. The van der Waals surface area contributed by atoms with Crippen LogP contribution < -0.4 is 21.3 Å². The fourth-order valence-corrected chi connectivity index (χ4v) is 4.03. The Labute approximate surface area is 192 Å². The third-order valence-electron chi connectivity index (χ3n) is 5.69. The number of anilines is 3. The lowest BCUT2D eigenvalue weighted by molar-refractivity contribution is -0.155. The van der Waals surface area contributed by atoms with Gasteiger partial charge >= 0.3 is 6.18 Å². The topological polar surface area (TPSA) is 121 Å². The first-order chi connectivity index (χ1) is 16.4. The van der Waals surface area contributed by atoms with Crippen LogP contribution in [0, 0.1) is 0 Å². The number of alkyl halides is 3. The summed E-state index contributed by atoms with van der Waals surface area (Å²) in [4.78, 5) is 22.1. The fourth-order valence-electron chi connectivity index (χ4n) is 4.03. The number of fused-ring (bicyclic) bond motifs is 1. The molecule has 1 fully saturated rings. The molecule has 34 heavy (non-hydrogen) atoms. The van der Waals surface area contributed by atoms with E-state index in [-0.39, 0.29) is 13.1 Å². The number of nitrogens with two attached hydrogens (primary N) is 1. The van der Waals surface area contributed by atoms with Crippen LogP contribution in [0.5, 0.6) is 0 Å². The Morgan fingerprint density at radius 2 is 2.06 bits per heavy atom. The van der Waals surface area contributed by atoms with Crippen molar-refractivity contribution in [2.24, 2.45) is 0 Å². The molecule has 0 radical (unpaired) electrons. The van der Waals surface area contributed by atoms with Crippen molar-refractivity contribution in [2.75, 3.05) is 35.6 Å². The number of halogens is 3. The second kappa shape index (κ2) is 8.78. The molecular formula is C22H22F3N9. The molecule has 0 amide bonds. The van der Waals surface area contributed by atoms with E-state index in [1.54, 1.807) is 29.3 Å². The predicted molar refractivity (Wildman–Crippen MR) is 123 cm³/mol. The quantitative estimate of drug-likeness (QED) is 0.352. The lowest BCUT2D eigenvalue weighted by Crippen LogP contribution is -2.57. The number of pyridine rings is 2. The van der Waals surface area contributed by atoms with Crippen molar-refractivity contribution in [1.29, 1.82) is 0 Å². The van der Waals surface area contributed by atoms with Crippen LogP contribution in [-0.2, 0) is 6.54 Å². The van der Waals surface area contributed by atoms with Crippen LogP contribution in [-0.4, -0.2) is 56.8 Å². The minimum atomic E-state index is -4.30. The number of hydrogen-bond acceptors (Lipinski definition) is 8. The Kier molecular flexibility index (Phi) is 5.65. The van der Waals surface area contributed by atoms with Gasteiger partial charge in [0.15, 0.2) is 0 Å². The summed E-state index contributed by atoms with van der Waals surface area (Å²) in [6, 6.07) is 7.38. The molecule has 0 bridgehead atoms. The van der Waals surface area contributed by atoms with Gasteiger partial charge in [-0.25, -0.2) is 19.9 Å². The van der Waals surface area contributed by atoms with Crippen LogP contribution in [0.4, 0.5) is 30.6 Å². The van der Waals surface area contributed by atoms with Gasteiger partial charge in [-0.2, -0.15) is 13.2 Å². The number of nitrogens with zero attached hydrogens (tertiary/aromatic N) is 5. The Hall–Kier alpha value is -3.93. The molecule has 1 aliphatic rings. The van der Waals surface area contributed by atoms with E-state index in [1.165, 1.54) is 6.33 Å². The van der Waals surface area contributed by atoms with Crippen LogP contribution in [0.1, 0.15) is 5.69 Å². The molecule has 0 aromatic carbocycles. The Morgan fingerprint density at radius 3 is 2.88 bits per heavy atom. The van der Waals surface area contributed by atoms with E-state index in [0.29, 0.717) is 41.9 Å². The summed E-state index contributed by atoms with van der Waals surface area (Å²) in [6.45, 7) is 0.841. The summed E-state index contributed by atoms with van der Waals surface area (Å²) in [5.74, 6) is 1.51. The summed E-state index contributed by atoms with van der Waals surface area (Å²) in [6.07, 6.45) is 0.618. The van der Waals surface area contributed by atoms with E-state index in [0.717, 1.165) is 16.5 Å². The van der Waals surface area contributed by atoms with Crippen molar-refractivity contribution in [3.63, 3.8) is 0 Å². The second-order valence-electron chi connectivity index (χ2n) is 7.95. The van der Waals surface area contributed by atoms with Crippen molar-refractivity contribution >= 4 is 28.5 Å². The van der Waals surface area contributed by atoms with Gasteiger partial charge in [0.25, 0.3) is 0 Å². The SMILES string of the molecule is Nc1cc(-c2c[nH]c3ncnc(NCc4cccc(N5CCNC(C(F)(F)F)C5)n4)c23)ccn1. The van der Waals surface area contributed by atoms with Crippen molar-refractivity contribution in [3.8, 4) is 11.1 Å². The first-order valence-electron chi connectivity index (χ1n) is 10.7. The zero-order valence-corrected chi connectivity index (χ0v) is 18.0. The molecule has 9 nitrogen and oxygen atoms in total. The van der Waals surface area contributed by atoms with Gasteiger partial charge in [-0.1, -0.05) is 6.07 Å². The van der Waals surface area contributed by atoms with E-state index in [2.05, 4.69) is 35.6 Å². The van der Waals surface area contributed by atoms with E-state index in [1.807, 2.05) is 18.3 Å². The fraction of sp³-hybridized carbons (Fsp3) is 0.273. The molecule has 12 heteroatoms. The van der Waals surface area contributed by atoms with E-state index < -0.39 is 12.2 Å². The highest BCUT2D eigenvalue weighted by molar-refractivity contribution is 6.01. The molecule has 4 aromatic heterocycles. The van der Waals surface area contributed by atoms with Gasteiger partial charge in [-0.15, -0.1) is 0 Å². The Morgan fingerprint density at radius 1 is 1.18 bits per heavy atom. The standard InChI is InChI=1S/C22H22F3N9/c23-22(24,25)16-11-34(7-6-27-16)18-3-1-2-14(33-18)9-29-20-19-15(10-30-21(19)32-12-31-20)13-4-5-28-17(26)8-13/h1-5,8,10,12,16,27H,6-7,9,11H2,(H2,26,28)(H2,29,30,31,32). The predicted octanol–water partition coefficient (Wildman–Crippen LogP) is 2.95. The average Bonchev–Trinajstić information content (AvgIpc) is 3.27. The first-order valence-corrected chi connectivity index (χ1v) is 10.7. The van der Waals surface area contributed by atoms with Crippen molar-refractivity contribution in [1.82, 2.24) is 30.2 Å². The number of aromatic nitrogens is 5. The van der Waals surface area contributed by atoms with E-state index in [4.69, 9.17) is 5.73 Å². The van der Waals surface area contributed by atoms with Crippen molar-refractivity contribution < 1.29 is 13.2 Å². The maximum Gasteiger partial charge on any atom is 0.405 e. The zero-order valence-electron chi connectivity index (χ0n) is 18.0. The molecule has 0 spiro atoms. The zero-order chi connectivity index (χ0) is 23.7. The molecule has 1 unspecified atom stereocenters. The van der Waals surface area contributed by atoms with Crippen LogP contribution in [0.2, 0.25) is 0 Å². The van der Waals surface area contributed by atoms with Crippen LogP contribution in [0.15, 0.2) is 49.1 Å². The largest absolute Gasteiger partial charge is 0.405 e. The highest BCUT2D eigenvalue weighted by atomic mass is 19.4. The lowest BCUT2D eigenvalue weighted by atomic mass is 10.1. The molecule has 1 atom stereocenters. The lowest BCUT2D eigenvalue weighted by Gasteiger charge is -2.35. The molecule has 4 aromatic rings. The maximum atomic E-state index is 13.2. The minimum absolute atomic E-state index is 0.179. The van der Waals surface area contributed by atoms with Gasteiger partial charge in [0.1, 0.15) is 35.5 Å². The normalized spacial score (nSPS) is 16.7. The van der Waals surface area contributed by atoms with E-state index in [9.17, 15) is 13.2 Å². The van der Waals surface area contributed by atoms with Crippen molar-refractivity contribution in [3.05, 3.63) is 54.7 Å². The van der Waals surface area contributed by atoms with Gasteiger partial charge in [0, 0.05) is 37.6 Å². The van der Waals surface area contributed by atoms with Gasteiger partial charge < -0.3 is 26.3 Å².